The van der Waals surface area contributed by atoms with Crippen LogP contribution < -0.4 is 14.2 Å². The van der Waals surface area contributed by atoms with Crippen molar-refractivity contribution in [1.82, 2.24) is 0 Å². The summed E-state index contributed by atoms with van der Waals surface area (Å²) in [6, 6.07) is 2.05. The number of allylic oxidation sites excluding steroid dienone is 1. The lowest BCUT2D eigenvalue weighted by molar-refractivity contribution is 0.213. The number of aryl methyl sites for hydroxylation is 1. The van der Waals surface area contributed by atoms with Gasteiger partial charge >= 0.3 is 0 Å². The van der Waals surface area contributed by atoms with E-state index in [-0.39, 0.29) is 11.1 Å². The highest BCUT2D eigenvalue weighted by Crippen LogP contribution is 2.50. The van der Waals surface area contributed by atoms with Gasteiger partial charge in [0.2, 0.25) is 5.75 Å². The molecule has 1 unspecified atom stereocenters. The van der Waals surface area contributed by atoms with Gasteiger partial charge in [0.1, 0.15) is 0 Å². The third-order valence-electron chi connectivity index (χ3n) is 5.77. The van der Waals surface area contributed by atoms with Crippen LogP contribution in [-0.4, -0.2) is 29.6 Å². The van der Waals surface area contributed by atoms with Crippen LogP contribution in [0.25, 0.3) is 0 Å². The predicted octanol–water partition coefficient (Wildman–Crippen LogP) is 5.83. The van der Waals surface area contributed by atoms with Crippen LogP contribution in [0, 0.1) is 0 Å². The Hall–Kier alpha value is -1.72. The van der Waals surface area contributed by atoms with Crippen molar-refractivity contribution in [1.29, 1.82) is 0 Å². The summed E-state index contributed by atoms with van der Waals surface area (Å²) in [6.07, 6.45) is 5.72. The first-order valence-corrected chi connectivity index (χ1v) is 12.3. The Morgan fingerprint density at radius 1 is 1.07 bits per heavy atom. The maximum atomic E-state index is 6.89. The molecule has 5 heteroatoms. The Morgan fingerprint density at radius 3 is 2.19 bits per heavy atom. The highest BCUT2D eigenvalue weighted by atomic mass is 28.4. The molecule has 0 aliphatic heterocycles. The second-order valence-corrected chi connectivity index (χ2v) is 13.2. The molecule has 1 aromatic carbocycles. The minimum atomic E-state index is -2.04. The fourth-order valence-corrected chi connectivity index (χ4v) is 4.38. The zero-order valence-corrected chi connectivity index (χ0v) is 19.1. The van der Waals surface area contributed by atoms with E-state index in [9.17, 15) is 0 Å². The van der Waals surface area contributed by atoms with E-state index < -0.39 is 8.32 Å². The molecule has 0 bridgehead atoms. The average molecular weight is 391 g/mol. The van der Waals surface area contributed by atoms with Crippen molar-refractivity contribution in [2.75, 3.05) is 21.3 Å². The fourth-order valence-electron chi connectivity index (χ4n) is 3.18. The highest BCUT2D eigenvalue weighted by Gasteiger charge is 2.42. The quantitative estimate of drug-likeness (QED) is 0.572. The van der Waals surface area contributed by atoms with E-state index >= 15 is 0 Å². The molecule has 4 nitrogen and oxygen atoms in total. The maximum absolute atomic E-state index is 6.89. The van der Waals surface area contributed by atoms with Crippen molar-refractivity contribution in [3.8, 4) is 17.2 Å². The number of methoxy groups -OCH3 is 3. The van der Waals surface area contributed by atoms with Gasteiger partial charge in [0.25, 0.3) is 0 Å². The lowest BCUT2D eigenvalue weighted by atomic mass is 9.95. The van der Waals surface area contributed by atoms with Gasteiger partial charge in [-0.3, -0.25) is 0 Å². The third-order valence-corrected chi connectivity index (χ3v) is 10.2. The Balaban J connectivity index is 2.74. The Labute approximate surface area is 165 Å². The van der Waals surface area contributed by atoms with Crippen LogP contribution in [0.3, 0.4) is 0 Å². The van der Waals surface area contributed by atoms with E-state index in [1.807, 2.05) is 6.08 Å². The minimum Gasteiger partial charge on any atom is -0.493 e. The number of rotatable bonds is 6. The van der Waals surface area contributed by atoms with Crippen LogP contribution in [0.5, 0.6) is 17.2 Å². The first kappa shape index (κ1) is 21.6. The molecule has 1 aromatic rings. The van der Waals surface area contributed by atoms with Crippen LogP contribution in [-0.2, 0) is 10.8 Å². The molecule has 0 saturated carbocycles. The zero-order valence-electron chi connectivity index (χ0n) is 18.1. The number of benzene rings is 1. The maximum Gasteiger partial charge on any atom is 0.203 e. The largest absolute Gasteiger partial charge is 0.493 e. The molecule has 1 aliphatic rings. The molecule has 0 saturated heterocycles. The van der Waals surface area contributed by atoms with Crippen LogP contribution >= 0.6 is 0 Å². The first-order chi connectivity index (χ1) is 12.6. The molecule has 0 heterocycles. The van der Waals surface area contributed by atoms with Crippen molar-refractivity contribution in [2.45, 2.75) is 57.8 Å². The van der Waals surface area contributed by atoms with Gasteiger partial charge in [0.05, 0.1) is 27.4 Å². The Kier molecular flexibility index (Phi) is 6.48. The van der Waals surface area contributed by atoms with Gasteiger partial charge in [0.15, 0.2) is 19.8 Å². The average Bonchev–Trinajstić information content (AvgIpc) is 2.77. The van der Waals surface area contributed by atoms with Gasteiger partial charge in [0, 0.05) is 5.56 Å². The molecule has 0 aromatic heterocycles. The molecule has 1 atom stereocenters. The summed E-state index contributed by atoms with van der Waals surface area (Å²) in [5.74, 6) is 1.97. The van der Waals surface area contributed by atoms with Crippen LogP contribution in [0.4, 0.5) is 0 Å². The van der Waals surface area contributed by atoms with E-state index in [0.29, 0.717) is 17.2 Å². The van der Waals surface area contributed by atoms with Crippen molar-refractivity contribution in [2.24, 2.45) is 0 Å². The number of hydrogen-bond acceptors (Lipinski definition) is 4. The number of hydrogen-bond donors (Lipinski definition) is 0. The molecular formula is C22H34O4Si. The van der Waals surface area contributed by atoms with E-state index in [1.54, 1.807) is 21.3 Å². The van der Waals surface area contributed by atoms with Crippen LogP contribution in [0.15, 0.2) is 30.4 Å². The highest BCUT2D eigenvalue weighted by molar-refractivity contribution is 6.74. The third kappa shape index (κ3) is 4.09. The van der Waals surface area contributed by atoms with E-state index in [0.717, 1.165) is 24.0 Å². The summed E-state index contributed by atoms with van der Waals surface area (Å²) in [5.41, 5.74) is 3.29. The monoisotopic (exact) mass is 390 g/mol. The molecule has 1 aliphatic carbocycles. The minimum absolute atomic E-state index is 0.0928. The molecular weight excluding hydrogens is 356 g/mol. The molecule has 0 N–H and O–H groups in total. The van der Waals surface area contributed by atoms with Gasteiger partial charge in [-0.1, -0.05) is 39.5 Å². The standard InChI is InChI=1S/C22H34O4Si/c1-10-15-12-11-13-16-14-17(23-5)20(24-6)21(25-7)18(16)19(15)26-27(8,9)22(2,3)4/h10,12,14,19H,1,11,13H2,2-9H3. The summed E-state index contributed by atoms with van der Waals surface area (Å²) >= 11 is 0. The number of ether oxygens (including phenoxy) is 3. The molecule has 0 spiro atoms. The van der Waals surface area contributed by atoms with Gasteiger partial charge in [-0.05, 0) is 48.2 Å². The Bertz CT molecular complexity index is 729. The number of fused-ring (bicyclic) bond motifs is 1. The SMILES string of the molecule is C=CC1=CCCc2cc(OC)c(OC)c(OC)c2C1O[Si](C)(C)C(C)(C)C. The summed E-state index contributed by atoms with van der Waals surface area (Å²) in [4.78, 5) is 0. The van der Waals surface area contributed by atoms with Crippen molar-refractivity contribution in [3.63, 3.8) is 0 Å². The summed E-state index contributed by atoms with van der Waals surface area (Å²) in [5, 5.41) is 0.0928. The smallest absolute Gasteiger partial charge is 0.203 e. The second kappa shape index (κ2) is 8.11. The molecule has 27 heavy (non-hydrogen) atoms. The van der Waals surface area contributed by atoms with Crippen molar-refractivity contribution >= 4 is 8.32 Å². The summed E-state index contributed by atoms with van der Waals surface area (Å²) < 4.78 is 23.9. The molecule has 0 radical (unpaired) electrons. The summed E-state index contributed by atoms with van der Waals surface area (Å²) in [6.45, 7) is 15.3. The fraction of sp³-hybridized carbons (Fsp3) is 0.545. The lowest BCUT2D eigenvalue weighted by Crippen LogP contribution is -2.42. The second-order valence-electron chi connectivity index (χ2n) is 8.42. The van der Waals surface area contributed by atoms with E-state index in [2.05, 4.69) is 52.6 Å². The van der Waals surface area contributed by atoms with Crippen LogP contribution in [0.1, 0.15) is 44.4 Å². The van der Waals surface area contributed by atoms with Crippen molar-refractivity contribution in [3.05, 3.63) is 41.5 Å². The van der Waals surface area contributed by atoms with E-state index in [4.69, 9.17) is 18.6 Å². The first-order valence-electron chi connectivity index (χ1n) is 9.43. The molecule has 150 valence electrons. The molecule has 0 fully saturated rings. The van der Waals surface area contributed by atoms with Gasteiger partial charge in [-0.25, -0.2) is 0 Å². The van der Waals surface area contributed by atoms with Gasteiger partial charge in [-0.15, -0.1) is 0 Å². The van der Waals surface area contributed by atoms with Crippen molar-refractivity contribution < 1.29 is 18.6 Å². The van der Waals surface area contributed by atoms with Gasteiger partial charge in [-0.2, -0.15) is 0 Å². The topological polar surface area (TPSA) is 36.9 Å². The molecule has 0 amide bonds. The van der Waals surface area contributed by atoms with Crippen LogP contribution in [0.2, 0.25) is 18.1 Å². The zero-order chi connectivity index (χ0) is 20.4. The molecule has 2 rings (SSSR count). The Morgan fingerprint density at radius 2 is 1.70 bits per heavy atom. The van der Waals surface area contributed by atoms with E-state index in [1.165, 1.54) is 5.56 Å². The predicted molar refractivity (Wildman–Crippen MR) is 114 cm³/mol. The normalized spacial score (nSPS) is 17.5. The lowest BCUT2D eigenvalue weighted by Gasteiger charge is -2.40. The summed E-state index contributed by atoms with van der Waals surface area (Å²) in [7, 11) is 2.91. The van der Waals surface area contributed by atoms with Gasteiger partial charge < -0.3 is 18.6 Å².